The maximum atomic E-state index is 5.92. The van der Waals surface area contributed by atoms with Gasteiger partial charge in [-0.15, -0.1) is 0 Å². The first kappa shape index (κ1) is 16.0. The lowest BCUT2D eigenvalue weighted by Crippen LogP contribution is -2.33. The first-order valence-electron chi connectivity index (χ1n) is 7.13. The van der Waals surface area contributed by atoms with Crippen molar-refractivity contribution in [2.24, 2.45) is 17.6 Å². The molecule has 0 saturated heterocycles. The average molecular weight is 264 g/mol. The van der Waals surface area contributed by atoms with Gasteiger partial charge >= 0.3 is 0 Å². The van der Waals surface area contributed by atoms with Crippen molar-refractivity contribution in [2.75, 3.05) is 13.6 Å². The number of benzene rings is 1. The van der Waals surface area contributed by atoms with Gasteiger partial charge in [0.2, 0.25) is 0 Å². The van der Waals surface area contributed by atoms with Crippen LogP contribution in [0.3, 0.4) is 0 Å². The monoisotopic (exact) mass is 264 g/mol. The van der Waals surface area contributed by atoms with E-state index in [4.69, 9.17) is 10.5 Å². The molecular formula is C16H28N2O. The summed E-state index contributed by atoms with van der Waals surface area (Å²) < 4.78 is 5.67. The van der Waals surface area contributed by atoms with Crippen LogP contribution in [0.15, 0.2) is 24.3 Å². The summed E-state index contributed by atoms with van der Waals surface area (Å²) in [6.07, 6.45) is 0.207. The molecule has 3 nitrogen and oxygen atoms in total. The van der Waals surface area contributed by atoms with Crippen LogP contribution in [0.4, 0.5) is 0 Å². The Morgan fingerprint density at radius 1 is 1.11 bits per heavy atom. The Morgan fingerprint density at radius 3 is 2.05 bits per heavy atom. The molecule has 0 amide bonds. The Labute approximate surface area is 117 Å². The maximum absolute atomic E-state index is 5.92. The third kappa shape index (κ3) is 4.51. The molecule has 1 rings (SSSR count). The summed E-state index contributed by atoms with van der Waals surface area (Å²) >= 11 is 0. The lowest BCUT2D eigenvalue weighted by molar-refractivity contribution is 0.242. The van der Waals surface area contributed by atoms with Crippen LogP contribution in [0.5, 0.6) is 5.75 Å². The summed E-state index contributed by atoms with van der Waals surface area (Å²) in [5.41, 5.74) is 7.19. The Balaban J connectivity index is 2.87. The van der Waals surface area contributed by atoms with Gasteiger partial charge in [-0.2, -0.15) is 0 Å². The van der Waals surface area contributed by atoms with E-state index in [9.17, 15) is 0 Å². The van der Waals surface area contributed by atoms with Gasteiger partial charge in [0, 0.05) is 6.04 Å². The van der Waals surface area contributed by atoms with Crippen molar-refractivity contribution in [3.05, 3.63) is 29.8 Å². The molecule has 0 aromatic heterocycles. The summed E-state index contributed by atoms with van der Waals surface area (Å²) in [6, 6.07) is 8.62. The third-order valence-electron chi connectivity index (χ3n) is 3.48. The molecule has 0 fully saturated rings. The predicted octanol–water partition coefficient (Wildman–Crippen LogP) is 2.97. The fourth-order valence-corrected chi connectivity index (χ4v) is 2.45. The Kier molecular flexibility index (Phi) is 6.32. The molecule has 3 N–H and O–H groups in total. The van der Waals surface area contributed by atoms with E-state index in [0.29, 0.717) is 18.4 Å². The summed E-state index contributed by atoms with van der Waals surface area (Å²) in [7, 11) is 1.99. The Bertz CT molecular complexity index is 360. The summed E-state index contributed by atoms with van der Waals surface area (Å²) in [6.45, 7) is 9.20. The van der Waals surface area contributed by atoms with Gasteiger partial charge in [0.25, 0.3) is 0 Å². The topological polar surface area (TPSA) is 47.3 Å². The van der Waals surface area contributed by atoms with Crippen LogP contribution >= 0.6 is 0 Å². The molecule has 1 aromatic rings. The van der Waals surface area contributed by atoms with Crippen molar-refractivity contribution in [3.8, 4) is 5.75 Å². The number of hydrogen-bond acceptors (Lipinski definition) is 3. The van der Waals surface area contributed by atoms with E-state index in [1.165, 1.54) is 5.56 Å². The SMILES string of the molecule is CNC(c1ccc(OC(C)C)cc1)C(CN)C(C)C. The lowest BCUT2D eigenvalue weighted by Gasteiger charge is -2.29. The third-order valence-corrected chi connectivity index (χ3v) is 3.48. The van der Waals surface area contributed by atoms with Gasteiger partial charge < -0.3 is 15.8 Å². The highest BCUT2D eigenvalue weighted by atomic mass is 16.5. The average Bonchev–Trinajstić information content (AvgIpc) is 2.35. The van der Waals surface area contributed by atoms with Crippen molar-refractivity contribution in [1.29, 1.82) is 0 Å². The van der Waals surface area contributed by atoms with E-state index in [1.807, 2.05) is 33.0 Å². The summed E-state index contributed by atoms with van der Waals surface area (Å²) in [5.74, 6) is 1.90. The molecule has 0 heterocycles. The van der Waals surface area contributed by atoms with Crippen LogP contribution < -0.4 is 15.8 Å². The van der Waals surface area contributed by atoms with Crippen LogP contribution in [0.2, 0.25) is 0 Å². The number of hydrogen-bond donors (Lipinski definition) is 2. The largest absolute Gasteiger partial charge is 0.491 e. The van der Waals surface area contributed by atoms with Crippen molar-refractivity contribution in [1.82, 2.24) is 5.32 Å². The zero-order valence-electron chi connectivity index (χ0n) is 12.8. The molecule has 0 aliphatic heterocycles. The second kappa shape index (κ2) is 7.51. The molecule has 3 heteroatoms. The van der Waals surface area contributed by atoms with Crippen molar-refractivity contribution in [2.45, 2.75) is 39.8 Å². The number of rotatable bonds is 7. The summed E-state index contributed by atoms with van der Waals surface area (Å²) in [4.78, 5) is 0. The van der Waals surface area contributed by atoms with E-state index in [-0.39, 0.29) is 12.1 Å². The number of nitrogens with two attached hydrogens (primary N) is 1. The van der Waals surface area contributed by atoms with Gasteiger partial charge in [0.1, 0.15) is 5.75 Å². The first-order valence-corrected chi connectivity index (χ1v) is 7.13. The van der Waals surface area contributed by atoms with Crippen LogP contribution in [0, 0.1) is 11.8 Å². The second-order valence-electron chi connectivity index (χ2n) is 5.65. The van der Waals surface area contributed by atoms with Gasteiger partial charge in [0.15, 0.2) is 0 Å². The molecule has 108 valence electrons. The summed E-state index contributed by atoms with van der Waals surface area (Å²) in [5, 5.41) is 3.39. The quantitative estimate of drug-likeness (QED) is 0.796. The fraction of sp³-hybridized carbons (Fsp3) is 0.625. The molecule has 19 heavy (non-hydrogen) atoms. The van der Waals surface area contributed by atoms with Crippen LogP contribution in [0.25, 0.3) is 0 Å². The molecule has 2 unspecified atom stereocenters. The normalized spacial score (nSPS) is 14.7. The van der Waals surface area contributed by atoms with E-state index >= 15 is 0 Å². The standard InChI is InChI=1S/C16H28N2O/c1-11(2)15(10-17)16(18-5)13-6-8-14(9-7-13)19-12(3)4/h6-9,11-12,15-16,18H,10,17H2,1-5H3. The molecule has 0 saturated carbocycles. The maximum Gasteiger partial charge on any atom is 0.119 e. The van der Waals surface area contributed by atoms with Crippen molar-refractivity contribution >= 4 is 0 Å². The highest BCUT2D eigenvalue weighted by Gasteiger charge is 2.23. The number of nitrogens with one attached hydrogen (secondary N) is 1. The molecule has 0 spiro atoms. The number of ether oxygens (including phenoxy) is 1. The molecule has 2 atom stereocenters. The van der Waals surface area contributed by atoms with Gasteiger partial charge in [-0.3, -0.25) is 0 Å². The highest BCUT2D eigenvalue weighted by Crippen LogP contribution is 2.28. The molecule has 0 aliphatic carbocycles. The minimum atomic E-state index is 0.207. The van der Waals surface area contributed by atoms with E-state index in [0.717, 1.165) is 5.75 Å². The molecule has 0 aliphatic rings. The van der Waals surface area contributed by atoms with Gasteiger partial charge in [-0.25, -0.2) is 0 Å². The van der Waals surface area contributed by atoms with Gasteiger partial charge in [-0.05, 0) is 57.0 Å². The van der Waals surface area contributed by atoms with Crippen LogP contribution in [0.1, 0.15) is 39.3 Å². The van der Waals surface area contributed by atoms with Crippen LogP contribution in [-0.2, 0) is 0 Å². The molecule has 1 aromatic carbocycles. The Morgan fingerprint density at radius 2 is 1.68 bits per heavy atom. The second-order valence-corrected chi connectivity index (χ2v) is 5.65. The fourth-order valence-electron chi connectivity index (χ4n) is 2.45. The Hall–Kier alpha value is -1.06. The highest BCUT2D eigenvalue weighted by molar-refractivity contribution is 5.29. The zero-order valence-corrected chi connectivity index (χ0v) is 12.8. The lowest BCUT2D eigenvalue weighted by atomic mass is 9.84. The van der Waals surface area contributed by atoms with E-state index in [2.05, 4.69) is 31.3 Å². The van der Waals surface area contributed by atoms with Gasteiger partial charge in [0.05, 0.1) is 6.10 Å². The van der Waals surface area contributed by atoms with Crippen molar-refractivity contribution in [3.63, 3.8) is 0 Å². The molecule has 0 radical (unpaired) electrons. The van der Waals surface area contributed by atoms with Crippen LogP contribution in [-0.4, -0.2) is 19.7 Å². The first-order chi connectivity index (χ1) is 8.99. The smallest absolute Gasteiger partial charge is 0.119 e. The molecule has 0 bridgehead atoms. The minimum Gasteiger partial charge on any atom is -0.491 e. The predicted molar refractivity (Wildman–Crippen MR) is 81.4 cm³/mol. The van der Waals surface area contributed by atoms with E-state index < -0.39 is 0 Å². The van der Waals surface area contributed by atoms with Crippen molar-refractivity contribution < 1.29 is 4.74 Å². The van der Waals surface area contributed by atoms with E-state index in [1.54, 1.807) is 0 Å². The van der Waals surface area contributed by atoms with Gasteiger partial charge in [-0.1, -0.05) is 26.0 Å². The molecular weight excluding hydrogens is 236 g/mol. The minimum absolute atomic E-state index is 0.207. The zero-order chi connectivity index (χ0) is 14.4.